The van der Waals surface area contributed by atoms with Crippen LogP contribution < -0.4 is 10.6 Å². The van der Waals surface area contributed by atoms with Crippen LogP contribution in [0.2, 0.25) is 0 Å². The summed E-state index contributed by atoms with van der Waals surface area (Å²) >= 11 is 1.67. The van der Waals surface area contributed by atoms with Crippen LogP contribution in [0.3, 0.4) is 0 Å². The Labute approximate surface area is 196 Å². The fraction of sp³-hybridized carbons (Fsp3) is 0.333. The van der Waals surface area contributed by atoms with Gasteiger partial charge in [0.05, 0.1) is 23.3 Å². The maximum atomic E-state index is 13.3. The van der Waals surface area contributed by atoms with Crippen LogP contribution in [0.1, 0.15) is 18.2 Å². The summed E-state index contributed by atoms with van der Waals surface area (Å²) in [5.41, 5.74) is 5.36. The third-order valence-corrected chi connectivity index (χ3v) is 6.28. The molecule has 7 nitrogen and oxygen atoms in total. The van der Waals surface area contributed by atoms with E-state index in [-0.39, 0.29) is 17.8 Å². The summed E-state index contributed by atoms with van der Waals surface area (Å²) in [6, 6.07) is 11.6. The summed E-state index contributed by atoms with van der Waals surface area (Å²) in [7, 11) is 0. The molecule has 0 spiro atoms. The second-order valence-corrected chi connectivity index (χ2v) is 8.82. The lowest BCUT2D eigenvalue weighted by Gasteiger charge is -2.20. The summed E-state index contributed by atoms with van der Waals surface area (Å²) in [5.74, 6) is 1.07. The first-order valence-corrected chi connectivity index (χ1v) is 12.0. The molecule has 3 aromatic rings. The van der Waals surface area contributed by atoms with Crippen LogP contribution in [0.4, 0.5) is 10.2 Å². The number of nitrogens with one attached hydrogen (secondary N) is 2. The van der Waals surface area contributed by atoms with Crippen molar-refractivity contribution in [2.75, 3.05) is 17.6 Å². The number of carbonyl (C=O) groups is 1. The predicted octanol–water partition coefficient (Wildman–Crippen LogP) is 3.70. The molecule has 33 heavy (non-hydrogen) atoms. The Bertz CT molecular complexity index is 1130. The second kappa shape index (κ2) is 10.7. The van der Waals surface area contributed by atoms with Crippen molar-refractivity contribution in [3.05, 3.63) is 65.7 Å². The Morgan fingerprint density at radius 1 is 1.27 bits per heavy atom. The number of hydrogen-bond acceptors (Lipinski definition) is 6. The zero-order chi connectivity index (χ0) is 23.2. The Morgan fingerprint density at radius 3 is 2.79 bits per heavy atom. The molecular formula is C24H27FN6OS. The molecule has 4 rings (SSSR count). The number of benzene rings is 1. The van der Waals surface area contributed by atoms with Crippen molar-refractivity contribution in [2.45, 2.75) is 38.9 Å². The number of pyridine rings is 1. The molecule has 9 heteroatoms. The van der Waals surface area contributed by atoms with Crippen LogP contribution in [0, 0.1) is 12.7 Å². The van der Waals surface area contributed by atoms with Gasteiger partial charge in [0.2, 0.25) is 5.91 Å². The molecule has 1 aliphatic heterocycles. The SMILES string of the molecule is CCn1nc(-c2ccnc(C)c2)cc1NC(=O)[C@H](Cc1ccc(F)cc1)NCC1CSC=N1. The van der Waals surface area contributed by atoms with Gasteiger partial charge in [-0.25, -0.2) is 9.07 Å². The summed E-state index contributed by atoms with van der Waals surface area (Å²) in [6.07, 6.45) is 2.19. The highest BCUT2D eigenvalue weighted by molar-refractivity contribution is 8.12. The number of hydrogen-bond donors (Lipinski definition) is 2. The van der Waals surface area contributed by atoms with E-state index in [4.69, 9.17) is 0 Å². The Kier molecular flexibility index (Phi) is 7.51. The van der Waals surface area contributed by atoms with Gasteiger partial charge in [-0.15, -0.1) is 11.8 Å². The third-order valence-electron chi connectivity index (χ3n) is 5.43. The number of aromatic nitrogens is 3. The Balaban J connectivity index is 1.52. The summed E-state index contributed by atoms with van der Waals surface area (Å²) in [5, 5.41) is 11.0. The number of aryl methyl sites for hydroxylation is 2. The number of nitrogens with zero attached hydrogens (tertiary/aromatic N) is 4. The van der Waals surface area contributed by atoms with Crippen molar-refractivity contribution in [3.8, 4) is 11.3 Å². The first kappa shape index (κ1) is 23.1. The van der Waals surface area contributed by atoms with Crippen molar-refractivity contribution >= 4 is 29.0 Å². The van der Waals surface area contributed by atoms with Gasteiger partial charge < -0.3 is 10.6 Å². The van der Waals surface area contributed by atoms with E-state index >= 15 is 0 Å². The molecule has 0 saturated heterocycles. The van der Waals surface area contributed by atoms with Crippen molar-refractivity contribution < 1.29 is 9.18 Å². The molecule has 2 aromatic heterocycles. The molecule has 2 atom stereocenters. The number of thioether (sulfide) groups is 1. The van der Waals surface area contributed by atoms with Gasteiger partial charge >= 0.3 is 0 Å². The number of anilines is 1. The molecule has 172 valence electrons. The van der Waals surface area contributed by atoms with Crippen LogP contribution in [0.15, 0.2) is 53.7 Å². The molecular weight excluding hydrogens is 439 g/mol. The minimum absolute atomic E-state index is 0.140. The van der Waals surface area contributed by atoms with Gasteiger partial charge in [-0.3, -0.25) is 14.8 Å². The van der Waals surface area contributed by atoms with E-state index in [1.54, 1.807) is 34.8 Å². The number of halogens is 1. The van der Waals surface area contributed by atoms with Gasteiger partial charge in [0, 0.05) is 42.4 Å². The van der Waals surface area contributed by atoms with Gasteiger partial charge in [-0.1, -0.05) is 12.1 Å². The maximum Gasteiger partial charge on any atom is 0.242 e. The molecule has 1 unspecified atom stereocenters. The molecule has 1 aromatic carbocycles. The number of aliphatic imine (C=N–C) groups is 1. The van der Waals surface area contributed by atoms with Crippen LogP contribution in [-0.2, 0) is 17.8 Å². The van der Waals surface area contributed by atoms with Crippen molar-refractivity contribution in [2.24, 2.45) is 4.99 Å². The molecule has 0 bridgehead atoms. The van der Waals surface area contributed by atoms with Crippen molar-refractivity contribution in [1.82, 2.24) is 20.1 Å². The van der Waals surface area contributed by atoms with E-state index in [9.17, 15) is 9.18 Å². The van der Waals surface area contributed by atoms with Crippen LogP contribution in [0.5, 0.6) is 0 Å². The van der Waals surface area contributed by atoms with Gasteiger partial charge in [0.1, 0.15) is 11.6 Å². The topological polar surface area (TPSA) is 84.2 Å². The average Bonchev–Trinajstić information content (AvgIpc) is 3.47. The Morgan fingerprint density at radius 2 is 2.09 bits per heavy atom. The molecule has 2 N–H and O–H groups in total. The standard InChI is InChI=1S/C24H27FN6OS/c1-3-31-23(12-21(30-31)18-8-9-26-16(2)10-18)29-24(32)22(27-13-20-14-33-15-28-20)11-17-4-6-19(25)7-5-17/h4-10,12,15,20,22,27H,3,11,13-14H2,1-2H3,(H,29,32)/t20?,22-/m0/s1. The molecule has 3 heterocycles. The average molecular weight is 467 g/mol. The zero-order valence-electron chi connectivity index (χ0n) is 18.7. The first-order chi connectivity index (χ1) is 16.0. The fourth-order valence-corrected chi connectivity index (χ4v) is 4.42. The largest absolute Gasteiger partial charge is 0.310 e. The molecule has 1 aliphatic rings. The van der Waals surface area contributed by atoms with Gasteiger partial charge in [0.25, 0.3) is 0 Å². The number of amides is 1. The molecule has 0 aliphatic carbocycles. The van der Waals surface area contributed by atoms with Crippen LogP contribution in [-0.4, -0.2) is 50.6 Å². The minimum Gasteiger partial charge on any atom is -0.310 e. The lowest BCUT2D eigenvalue weighted by Crippen LogP contribution is -2.45. The molecule has 0 fully saturated rings. The molecule has 0 radical (unpaired) electrons. The first-order valence-electron chi connectivity index (χ1n) is 10.9. The second-order valence-electron chi connectivity index (χ2n) is 7.94. The van der Waals surface area contributed by atoms with Crippen molar-refractivity contribution in [3.63, 3.8) is 0 Å². The maximum absolute atomic E-state index is 13.3. The van der Waals surface area contributed by atoms with E-state index in [0.29, 0.717) is 25.3 Å². The summed E-state index contributed by atoms with van der Waals surface area (Å²) in [4.78, 5) is 22.0. The fourth-order valence-electron chi connectivity index (χ4n) is 3.65. The quantitative estimate of drug-likeness (QED) is 0.502. The zero-order valence-corrected chi connectivity index (χ0v) is 19.5. The highest BCUT2D eigenvalue weighted by atomic mass is 32.2. The van der Waals surface area contributed by atoms with Crippen molar-refractivity contribution in [1.29, 1.82) is 0 Å². The Hall–Kier alpha value is -3.04. The molecule has 1 amide bonds. The van der Waals surface area contributed by atoms with E-state index in [0.717, 1.165) is 28.3 Å². The lowest BCUT2D eigenvalue weighted by atomic mass is 10.0. The number of carbonyl (C=O) groups excluding carboxylic acids is 1. The monoisotopic (exact) mass is 466 g/mol. The van der Waals surface area contributed by atoms with Gasteiger partial charge in [-0.05, 0) is 50.1 Å². The summed E-state index contributed by atoms with van der Waals surface area (Å²) < 4.78 is 15.1. The summed E-state index contributed by atoms with van der Waals surface area (Å²) in [6.45, 7) is 5.12. The van der Waals surface area contributed by atoms with Gasteiger partial charge in [-0.2, -0.15) is 5.10 Å². The lowest BCUT2D eigenvalue weighted by molar-refractivity contribution is -0.118. The van der Waals surface area contributed by atoms with E-state index in [1.165, 1.54) is 12.1 Å². The predicted molar refractivity (Wildman–Crippen MR) is 131 cm³/mol. The van der Waals surface area contributed by atoms with Gasteiger partial charge in [0.15, 0.2) is 0 Å². The smallest absolute Gasteiger partial charge is 0.242 e. The van der Waals surface area contributed by atoms with Crippen LogP contribution in [0.25, 0.3) is 11.3 Å². The highest BCUT2D eigenvalue weighted by Crippen LogP contribution is 2.22. The third kappa shape index (κ3) is 6.06. The van der Waals surface area contributed by atoms with Crippen LogP contribution >= 0.6 is 11.8 Å². The number of rotatable bonds is 9. The van der Waals surface area contributed by atoms with E-state index < -0.39 is 6.04 Å². The van der Waals surface area contributed by atoms with E-state index in [1.807, 2.05) is 37.6 Å². The van der Waals surface area contributed by atoms with E-state index in [2.05, 4.69) is 25.7 Å². The molecule has 0 saturated carbocycles. The minimum atomic E-state index is -0.497. The normalized spacial score (nSPS) is 16.2. The highest BCUT2D eigenvalue weighted by Gasteiger charge is 2.23.